The van der Waals surface area contributed by atoms with Gasteiger partial charge in [-0.3, -0.25) is 0 Å². The lowest BCUT2D eigenvalue weighted by Crippen LogP contribution is -2.19. The van der Waals surface area contributed by atoms with Crippen LogP contribution in [0.1, 0.15) is 142 Å². The Morgan fingerprint density at radius 2 is 0.750 bits per heavy atom. The minimum absolute atomic E-state index is 0.487. The highest BCUT2D eigenvalue weighted by Crippen LogP contribution is 2.11. The molecule has 0 aromatic rings. The van der Waals surface area contributed by atoms with Gasteiger partial charge in [0, 0.05) is 0 Å². The van der Waals surface area contributed by atoms with Crippen molar-refractivity contribution in [1.82, 2.24) is 11.0 Å². The van der Waals surface area contributed by atoms with Gasteiger partial charge in [0.05, 0.1) is 34.8 Å². The van der Waals surface area contributed by atoms with Crippen LogP contribution in [-0.4, -0.2) is 25.0 Å². The van der Waals surface area contributed by atoms with Crippen LogP contribution in [0, 0.1) is 0 Å². The molecular weight excluding hydrogens is 452 g/mol. The van der Waals surface area contributed by atoms with E-state index in [0.29, 0.717) is 13.1 Å². The number of carbonyl (C=O) groups is 2. The van der Waals surface area contributed by atoms with Crippen LogP contribution < -0.4 is 11.0 Å². The summed E-state index contributed by atoms with van der Waals surface area (Å²) < 4.78 is 0. The van der Waals surface area contributed by atoms with E-state index in [4.69, 9.17) is 9.68 Å². The highest BCUT2D eigenvalue weighted by molar-refractivity contribution is 5.84. The number of allylic oxidation sites excluding steroid dienone is 2. The van der Waals surface area contributed by atoms with E-state index in [0.717, 1.165) is 25.7 Å². The fourth-order valence-electron chi connectivity index (χ4n) is 3.95. The maximum absolute atomic E-state index is 11.6. The third-order valence-electron chi connectivity index (χ3n) is 6.19. The second-order valence-electron chi connectivity index (χ2n) is 9.71. The van der Waals surface area contributed by atoms with E-state index < -0.39 is 11.9 Å². The molecule has 0 aliphatic rings. The average molecular weight is 509 g/mol. The molecule has 2 radical (unpaired) electrons. The Morgan fingerprint density at radius 1 is 0.472 bits per heavy atom. The van der Waals surface area contributed by atoms with E-state index in [1.165, 1.54) is 127 Å². The number of rotatable bonds is 27. The van der Waals surface area contributed by atoms with Gasteiger partial charge < -0.3 is 0 Å². The van der Waals surface area contributed by atoms with E-state index in [1.54, 1.807) is 0 Å². The lowest BCUT2D eigenvalue weighted by Gasteiger charge is -2.01. The summed E-state index contributed by atoms with van der Waals surface area (Å²) in [5.74, 6) is -0.974. The first-order chi connectivity index (χ1) is 17.7. The van der Waals surface area contributed by atoms with Crippen molar-refractivity contribution in [3.05, 3.63) is 24.3 Å². The maximum atomic E-state index is 11.6. The first-order valence-electron chi connectivity index (χ1n) is 14.9. The largest absolute Gasteiger partial charge is 0.623 e. The van der Waals surface area contributed by atoms with E-state index in [-0.39, 0.29) is 0 Å². The molecule has 0 aliphatic heterocycles. The molecule has 0 atom stereocenters. The molecule has 0 unspecified atom stereocenters. The fourth-order valence-corrected chi connectivity index (χ4v) is 3.95. The van der Waals surface area contributed by atoms with Gasteiger partial charge in [0.2, 0.25) is 0 Å². The van der Waals surface area contributed by atoms with Crippen LogP contribution in [0.2, 0.25) is 0 Å². The van der Waals surface area contributed by atoms with Crippen molar-refractivity contribution >= 4 is 11.9 Å². The van der Waals surface area contributed by atoms with E-state index in [9.17, 15) is 9.59 Å². The zero-order valence-electron chi connectivity index (χ0n) is 23.5. The maximum Gasteiger partial charge on any atom is 0.623 e. The molecule has 0 aromatic heterocycles. The first kappa shape index (κ1) is 34.3. The van der Waals surface area contributed by atoms with Gasteiger partial charge in [-0.15, -0.1) is 0 Å². The molecule has 0 bridgehead atoms. The lowest BCUT2D eigenvalue weighted by atomic mass is 10.1. The Kier molecular flexibility index (Phi) is 28.2. The number of carbonyl (C=O) groups excluding carboxylic acids is 2. The van der Waals surface area contributed by atoms with Crippen molar-refractivity contribution in [1.29, 1.82) is 0 Å². The quantitative estimate of drug-likeness (QED) is 0.0384. The van der Waals surface area contributed by atoms with Crippen molar-refractivity contribution in [2.24, 2.45) is 0 Å². The molecule has 0 saturated carbocycles. The zero-order chi connectivity index (χ0) is 26.4. The molecule has 0 fully saturated rings. The van der Waals surface area contributed by atoms with Gasteiger partial charge in [-0.25, -0.2) is 0 Å². The topological polar surface area (TPSA) is 82.3 Å². The summed E-state index contributed by atoms with van der Waals surface area (Å²) >= 11 is 0. The highest BCUT2D eigenvalue weighted by atomic mass is 16.7. The van der Waals surface area contributed by atoms with Gasteiger partial charge in [-0.05, 0) is 25.0 Å². The molecular formula is C30H56N2O4+2. The second-order valence-corrected chi connectivity index (χ2v) is 9.71. The molecule has 0 rings (SSSR count). The molecule has 0 aliphatic carbocycles. The van der Waals surface area contributed by atoms with E-state index in [1.807, 2.05) is 0 Å². The third kappa shape index (κ3) is 28.6. The van der Waals surface area contributed by atoms with Gasteiger partial charge in [0.1, 0.15) is 0 Å². The Balaban J connectivity index is 3.45. The molecule has 0 amide bonds. The first-order valence-corrected chi connectivity index (χ1v) is 14.9. The fraction of sp³-hybridized carbons (Fsp3) is 0.800. The summed E-state index contributed by atoms with van der Waals surface area (Å²) in [5, 5.41) is 0. The molecule has 0 spiro atoms. The molecule has 2 N–H and O–H groups in total. The van der Waals surface area contributed by atoms with Crippen LogP contribution in [0.5, 0.6) is 0 Å². The summed E-state index contributed by atoms with van der Waals surface area (Å²) in [7, 11) is 0. The normalized spacial score (nSPS) is 11.5. The van der Waals surface area contributed by atoms with Crippen molar-refractivity contribution < 1.29 is 19.3 Å². The molecule has 0 heterocycles. The predicted molar refractivity (Wildman–Crippen MR) is 150 cm³/mol. The van der Waals surface area contributed by atoms with Crippen LogP contribution in [0.4, 0.5) is 0 Å². The van der Waals surface area contributed by atoms with Crippen molar-refractivity contribution in [2.45, 2.75) is 142 Å². The van der Waals surface area contributed by atoms with Gasteiger partial charge in [0.25, 0.3) is 0 Å². The van der Waals surface area contributed by atoms with Crippen LogP contribution in [0.15, 0.2) is 24.3 Å². The Labute approximate surface area is 222 Å². The predicted octanol–water partition coefficient (Wildman–Crippen LogP) is 8.04. The SMILES string of the molecule is CCCCCCCCCCCCNOC(=[O+])/C=C\C=C/C(=[O+])ONCCCCCCCCCCCC. The molecule has 208 valence electrons. The lowest BCUT2D eigenvalue weighted by molar-refractivity contribution is -0.145. The molecule has 6 nitrogen and oxygen atoms in total. The van der Waals surface area contributed by atoms with Gasteiger partial charge in [-0.2, -0.15) is 9.68 Å². The average Bonchev–Trinajstić information content (AvgIpc) is 2.88. The Hall–Kier alpha value is -1.66. The minimum atomic E-state index is -0.487. The number of unbranched alkanes of at least 4 members (excludes halogenated alkanes) is 18. The van der Waals surface area contributed by atoms with Crippen LogP contribution in [-0.2, 0) is 19.3 Å². The number of hydrogen-bond acceptors (Lipinski definition) is 6. The third-order valence-corrected chi connectivity index (χ3v) is 6.19. The minimum Gasteiger partial charge on any atom is -0.195 e. The highest BCUT2D eigenvalue weighted by Gasteiger charge is 2.13. The van der Waals surface area contributed by atoms with Gasteiger partial charge in [-0.1, -0.05) is 140 Å². The second kappa shape index (κ2) is 29.6. The smallest absolute Gasteiger partial charge is 0.195 e. The zero-order valence-corrected chi connectivity index (χ0v) is 23.5. The number of hydroxylamine groups is 2. The summed E-state index contributed by atoms with van der Waals surface area (Å²) in [6, 6.07) is 0. The Bertz CT molecular complexity index is 501. The standard InChI is InChI=1S/C30H56N2O4/c1-3-5-7-9-11-13-15-17-19-23-27-31-35-29(33)25-21-22-26-30(34)36-32-28-24-20-18-16-14-12-10-8-6-4-2/h21-22,25-26,31-32H,3-20,23-24,27-28H2,1-2H3/q+2/b25-21-,26-22-. The van der Waals surface area contributed by atoms with Crippen LogP contribution in [0.3, 0.4) is 0 Å². The summed E-state index contributed by atoms with van der Waals surface area (Å²) in [6.07, 6.45) is 31.0. The summed E-state index contributed by atoms with van der Waals surface area (Å²) in [6.45, 7) is 5.80. The summed E-state index contributed by atoms with van der Waals surface area (Å²) in [4.78, 5) is 33.2. The Morgan fingerprint density at radius 3 is 1.06 bits per heavy atom. The number of hydrogen-bond donors (Lipinski definition) is 2. The molecule has 0 saturated heterocycles. The van der Waals surface area contributed by atoms with E-state index in [2.05, 4.69) is 24.8 Å². The van der Waals surface area contributed by atoms with Crippen LogP contribution in [0.25, 0.3) is 0 Å². The monoisotopic (exact) mass is 508 g/mol. The van der Waals surface area contributed by atoms with E-state index >= 15 is 0 Å². The molecule has 36 heavy (non-hydrogen) atoms. The van der Waals surface area contributed by atoms with Crippen molar-refractivity contribution in [3.63, 3.8) is 0 Å². The van der Waals surface area contributed by atoms with Gasteiger partial charge in [0.15, 0.2) is 0 Å². The molecule has 0 aromatic carbocycles. The summed E-state index contributed by atoms with van der Waals surface area (Å²) in [5.41, 5.74) is 5.40. The molecule has 6 heteroatoms. The number of nitrogens with one attached hydrogen (secondary N) is 2. The van der Waals surface area contributed by atoms with Crippen molar-refractivity contribution in [2.75, 3.05) is 13.1 Å². The van der Waals surface area contributed by atoms with Gasteiger partial charge >= 0.3 is 11.9 Å². The van der Waals surface area contributed by atoms with Crippen molar-refractivity contribution in [3.8, 4) is 0 Å². The van der Waals surface area contributed by atoms with Crippen LogP contribution >= 0.6 is 0 Å².